The van der Waals surface area contributed by atoms with Crippen LogP contribution < -0.4 is 10.6 Å². The van der Waals surface area contributed by atoms with Gasteiger partial charge in [-0.2, -0.15) is 0 Å². The molecule has 0 spiro atoms. The SMILES string of the molecule is C=C(NCCN[C@@H](C)c1ccc(C)cc1)OC(C)(C)C. The van der Waals surface area contributed by atoms with Gasteiger partial charge < -0.3 is 15.4 Å². The maximum atomic E-state index is 5.61. The van der Waals surface area contributed by atoms with Crippen molar-refractivity contribution in [1.29, 1.82) is 0 Å². The van der Waals surface area contributed by atoms with E-state index in [1.807, 2.05) is 20.8 Å². The number of aryl methyl sites for hydroxylation is 1. The summed E-state index contributed by atoms with van der Waals surface area (Å²) in [5.41, 5.74) is 2.39. The van der Waals surface area contributed by atoms with Gasteiger partial charge in [0, 0.05) is 19.1 Å². The number of hydrogen-bond donors (Lipinski definition) is 2. The molecule has 0 radical (unpaired) electrons. The highest BCUT2D eigenvalue weighted by atomic mass is 16.5. The van der Waals surface area contributed by atoms with Gasteiger partial charge in [0.2, 0.25) is 0 Å². The Hall–Kier alpha value is -1.48. The molecule has 0 aliphatic rings. The van der Waals surface area contributed by atoms with Gasteiger partial charge >= 0.3 is 0 Å². The van der Waals surface area contributed by atoms with Gasteiger partial charge in [-0.1, -0.05) is 29.8 Å². The van der Waals surface area contributed by atoms with Crippen molar-refractivity contribution in [2.75, 3.05) is 13.1 Å². The zero-order valence-electron chi connectivity index (χ0n) is 13.4. The third-order valence-electron chi connectivity index (χ3n) is 2.90. The van der Waals surface area contributed by atoms with Crippen LogP contribution in [0.1, 0.15) is 44.9 Å². The molecule has 0 saturated carbocycles. The number of ether oxygens (including phenoxy) is 1. The molecular formula is C17H28N2O. The summed E-state index contributed by atoms with van der Waals surface area (Å²) in [5, 5.41) is 6.65. The maximum Gasteiger partial charge on any atom is 0.179 e. The van der Waals surface area contributed by atoms with E-state index in [4.69, 9.17) is 4.74 Å². The predicted molar refractivity (Wildman–Crippen MR) is 85.6 cm³/mol. The van der Waals surface area contributed by atoms with Gasteiger partial charge in [-0.15, -0.1) is 0 Å². The lowest BCUT2D eigenvalue weighted by molar-refractivity contribution is 0.0417. The molecule has 0 saturated heterocycles. The van der Waals surface area contributed by atoms with E-state index < -0.39 is 0 Å². The molecular weight excluding hydrogens is 248 g/mol. The second-order valence-electron chi connectivity index (χ2n) is 6.15. The first-order valence-corrected chi connectivity index (χ1v) is 7.19. The van der Waals surface area contributed by atoms with Crippen LogP contribution in [0.2, 0.25) is 0 Å². The fourth-order valence-corrected chi connectivity index (χ4v) is 1.87. The zero-order chi connectivity index (χ0) is 15.2. The fraction of sp³-hybridized carbons (Fsp3) is 0.529. The molecule has 0 fully saturated rings. The average molecular weight is 276 g/mol. The lowest BCUT2D eigenvalue weighted by atomic mass is 10.1. The zero-order valence-corrected chi connectivity index (χ0v) is 13.4. The van der Waals surface area contributed by atoms with Crippen LogP contribution in [0, 0.1) is 6.92 Å². The van der Waals surface area contributed by atoms with E-state index in [0.29, 0.717) is 11.9 Å². The Morgan fingerprint density at radius 2 is 1.80 bits per heavy atom. The summed E-state index contributed by atoms with van der Waals surface area (Å²) in [7, 11) is 0. The Kier molecular flexibility index (Phi) is 6.08. The lowest BCUT2D eigenvalue weighted by Gasteiger charge is -2.23. The Balaban J connectivity index is 2.24. The third-order valence-corrected chi connectivity index (χ3v) is 2.90. The van der Waals surface area contributed by atoms with E-state index in [-0.39, 0.29) is 5.60 Å². The first-order valence-electron chi connectivity index (χ1n) is 7.19. The van der Waals surface area contributed by atoms with Crippen molar-refractivity contribution in [1.82, 2.24) is 10.6 Å². The summed E-state index contributed by atoms with van der Waals surface area (Å²) >= 11 is 0. The maximum absolute atomic E-state index is 5.61. The van der Waals surface area contributed by atoms with E-state index in [1.165, 1.54) is 11.1 Å². The van der Waals surface area contributed by atoms with Gasteiger partial charge in [-0.25, -0.2) is 0 Å². The van der Waals surface area contributed by atoms with E-state index in [9.17, 15) is 0 Å². The Morgan fingerprint density at radius 1 is 1.20 bits per heavy atom. The smallest absolute Gasteiger partial charge is 0.179 e. The standard InChI is InChI=1S/C17H28N2O/c1-13-7-9-16(10-8-13)14(2)18-11-12-19-15(3)20-17(4,5)6/h7-10,14,18-19H,3,11-12H2,1-2,4-6H3/t14-/m0/s1. The molecule has 0 aliphatic carbocycles. The summed E-state index contributed by atoms with van der Waals surface area (Å²) in [6.07, 6.45) is 0. The van der Waals surface area contributed by atoms with Crippen LogP contribution in [0.4, 0.5) is 0 Å². The minimum atomic E-state index is -0.202. The van der Waals surface area contributed by atoms with E-state index in [0.717, 1.165) is 13.1 Å². The van der Waals surface area contributed by atoms with Crippen molar-refractivity contribution in [2.24, 2.45) is 0 Å². The topological polar surface area (TPSA) is 33.3 Å². The average Bonchev–Trinajstić information content (AvgIpc) is 2.33. The van der Waals surface area contributed by atoms with Crippen LogP contribution in [-0.2, 0) is 4.74 Å². The normalized spacial score (nSPS) is 12.8. The summed E-state index contributed by atoms with van der Waals surface area (Å²) < 4.78 is 5.61. The number of rotatable bonds is 7. The molecule has 0 aromatic heterocycles. The summed E-state index contributed by atoms with van der Waals surface area (Å²) in [4.78, 5) is 0. The molecule has 0 unspecified atom stereocenters. The minimum Gasteiger partial charge on any atom is -0.474 e. The molecule has 1 atom stereocenters. The van der Waals surface area contributed by atoms with Gasteiger partial charge in [0.15, 0.2) is 5.88 Å². The highest BCUT2D eigenvalue weighted by molar-refractivity contribution is 5.23. The molecule has 2 N–H and O–H groups in total. The quantitative estimate of drug-likeness (QED) is 0.590. The van der Waals surface area contributed by atoms with Crippen LogP contribution >= 0.6 is 0 Å². The van der Waals surface area contributed by atoms with Crippen molar-refractivity contribution in [3.63, 3.8) is 0 Å². The molecule has 1 aromatic carbocycles. The summed E-state index contributed by atoms with van der Waals surface area (Å²) in [6.45, 7) is 15.8. The molecule has 0 amide bonds. The third kappa shape index (κ3) is 6.62. The Morgan fingerprint density at radius 3 is 2.35 bits per heavy atom. The van der Waals surface area contributed by atoms with Crippen molar-refractivity contribution in [2.45, 2.75) is 46.3 Å². The number of nitrogens with one attached hydrogen (secondary N) is 2. The first-order chi connectivity index (χ1) is 9.28. The first kappa shape index (κ1) is 16.6. The number of benzene rings is 1. The Labute approximate surface area is 123 Å². The molecule has 3 nitrogen and oxygen atoms in total. The van der Waals surface area contributed by atoms with Crippen LogP contribution in [0.15, 0.2) is 36.7 Å². The second kappa shape index (κ2) is 7.34. The molecule has 3 heteroatoms. The van der Waals surface area contributed by atoms with Gasteiger partial charge in [0.05, 0.1) is 0 Å². The summed E-state index contributed by atoms with van der Waals surface area (Å²) in [5.74, 6) is 0.627. The van der Waals surface area contributed by atoms with Crippen LogP contribution in [-0.4, -0.2) is 18.7 Å². The highest BCUT2D eigenvalue weighted by Crippen LogP contribution is 2.12. The molecule has 0 bridgehead atoms. The van der Waals surface area contributed by atoms with E-state index in [1.54, 1.807) is 0 Å². The van der Waals surface area contributed by atoms with Crippen LogP contribution in [0.3, 0.4) is 0 Å². The van der Waals surface area contributed by atoms with Gasteiger partial charge in [0.1, 0.15) is 5.60 Å². The molecule has 1 rings (SSSR count). The van der Waals surface area contributed by atoms with E-state index in [2.05, 4.69) is 55.3 Å². The molecule has 20 heavy (non-hydrogen) atoms. The predicted octanol–water partition coefficient (Wildman–Crippen LogP) is 3.52. The van der Waals surface area contributed by atoms with Gasteiger partial charge in [-0.05, 0) is 46.8 Å². The highest BCUT2D eigenvalue weighted by Gasteiger charge is 2.11. The van der Waals surface area contributed by atoms with Crippen molar-refractivity contribution >= 4 is 0 Å². The second-order valence-corrected chi connectivity index (χ2v) is 6.15. The molecule has 1 aromatic rings. The van der Waals surface area contributed by atoms with Gasteiger partial charge in [0.25, 0.3) is 0 Å². The van der Waals surface area contributed by atoms with Crippen molar-refractivity contribution < 1.29 is 4.74 Å². The van der Waals surface area contributed by atoms with Crippen LogP contribution in [0.5, 0.6) is 0 Å². The monoisotopic (exact) mass is 276 g/mol. The fourth-order valence-electron chi connectivity index (χ4n) is 1.87. The van der Waals surface area contributed by atoms with Crippen molar-refractivity contribution in [3.8, 4) is 0 Å². The molecule has 0 heterocycles. The number of hydrogen-bond acceptors (Lipinski definition) is 3. The Bertz CT molecular complexity index is 418. The molecule has 112 valence electrons. The molecule has 0 aliphatic heterocycles. The lowest BCUT2D eigenvalue weighted by Crippen LogP contribution is -2.31. The summed E-state index contributed by atoms with van der Waals surface area (Å²) in [6, 6.07) is 8.97. The van der Waals surface area contributed by atoms with Crippen LogP contribution in [0.25, 0.3) is 0 Å². The van der Waals surface area contributed by atoms with E-state index >= 15 is 0 Å². The van der Waals surface area contributed by atoms with Crippen molar-refractivity contribution in [3.05, 3.63) is 47.9 Å². The minimum absolute atomic E-state index is 0.202. The van der Waals surface area contributed by atoms with Gasteiger partial charge in [-0.3, -0.25) is 0 Å². The largest absolute Gasteiger partial charge is 0.474 e.